The molecule has 0 saturated heterocycles. The topological polar surface area (TPSA) is 56.1 Å². The number of fused-ring (bicyclic) bond motifs is 1. The lowest BCUT2D eigenvalue weighted by molar-refractivity contribution is -0.128. The Labute approximate surface area is 160 Å². The summed E-state index contributed by atoms with van der Waals surface area (Å²) in [6, 6.07) is 15.8. The van der Waals surface area contributed by atoms with Crippen molar-refractivity contribution in [3.8, 4) is 5.75 Å². The fourth-order valence-electron chi connectivity index (χ4n) is 3.17. The number of carbonyl (C=O) groups is 1. The molecule has 3 aromatic rings. The summed E-state index contributed by atoms with van der Waals surface area (Å²) in [6.45, 7) is 6.57. The summed E-state index contributed by atoms with van der Waals surface area (Å²) in [5, 5.41) is 2.97. The lowest BCUT2D eigenvalue weighted by Crippen LogP contribution is -2.38. The van der Waals surface area contributed by atoms with Gasteiger partial charge in [-0.15, -0.1) is 0 Å². The molecule has 0 spiro atoms. The molecule has 0 aliphatic heterocycles. The number of aryl methyl sites for hydroxylation is 1. The molecule has 1 heterocycles. The third-order valence-electron chi connectivity index (χ3n) is 4.77. The normalized spacial score (nSPS) is 12.3. The van der Waals surface area contributed by atoms with Crippen LogP contribution >= 0.6 is 0 Å². The quantitative estimate of drug-likeness (QED) is 0.684. The first kappa shape index (κ1) is 19.0. The molecule has 0 saturated carbocycles. The van der Waals surface area contributed by atoms with Gasteiger partial charge in [-0.1, -0.05) is 51.1 Å². The minimum atomic E-state index is -0.528. The number of hydrogen-bond acceptors (Lipinski definition) is 3. The third-order valence-corrected chi connectivity index (χ3v) is 4.77. The van der Waals surface area contributed by atoms with Gasteiger partial charge in [0.1, 0.15) is 11.6 Å². The number of imidazole rings is 1. The maximum absolute atomic E-state index is 12.7. The van der Waals surface area contributed by atoms with E-state index in [1.54, 1.807) is 0 Å². The van der Waals surface area contributed by atoms with E-state index in [0.717, 1.165) is 28.2 Å². The van der Waals surface area contributed by atoms with Gasteiger partial charge >= 0.3 is 0 Å². The lowest BCUT2D eigenvalue weighted by atomic mass is 10.0. The number of amides is 1. The van der Waals surface area contributed by atoms with Crippen LogP contribution in [0.15, 0.2) is 48.5 Å². The predicted octanol–water partition coefficient (Wildman–Crippen LogP) is 4.17. The van der Waals surface area contributed by atoms with Gasteiger partial charge in [0.2, 0.25) is 0 Å². The number of aromatic nitrogens is 2. The predicted molar refractivity (Wildman–Crippen MR) is 108 cm³/mol. The molecule has 27 heavy (non-hydrogen) atoms. The average molecular weight is 365 g/mol. The highest BCUT2D eigenvalue weighted by molar-refractivity contribution is 5.81. The number of nitrogens with zero attached hydrogens (tertiary/aromatic N) is 2. The molecule has 0 fully saturated rings. The summed E-state index contributed by atoms with van der Waals surface area (Å²) >= 11 is 0. The monoisotopic (exact) mass is 365 g/mol. The zero-order valence-corrected chi connectivity index (χ0v) is 16.4. The van der Waals surface area contributed by atoms with E-state index < -0.39 is 6.10 Å². The van der Waals surface area contributed by atoms with Crippen LogP contribution in [0.4, 0.5) is 0 Å². The first-order chi connectivity index (χ1) is 13.0. The van der Waals surface area contributed by atoms with Crippen LogP contribution in [0.25, 0.3) is 11.0 Å². The zero-order chi connectivity index (χ0) is 19.4. The van der Waals surface area contributed by atoms with Crippen LogP contribution in [-0.2, 0) is 18.4 Å². The van der Waals surface area contributed by atoms with Crippen LogP contribution in [0.1, 0.15) is 44.5 Å². The summed E-state index contributed by atoms with van der Waals surface area (Å²) < 4.78 is 8.06. The smallest absolute Gasteiger partial charge is 0.261 e. The van der Waals surface area contributed by atoms with Crippen LogP contribution in [0.5, 0.6) is 5.75 Å². The van der Waals surface area contributed by atoms with Crippen molar-refractivity contribution in [1.82, 2.24) is 14.9 Å². The zero-order valence-electron chi connectivity index (χ0n) is 16.4. The Morgan fingerprint density at radius 3 is 2.56 bits per heavy atom. The van der Waals surface area contributed by atoms with E-state index in [1.165, 1.54) is 0 Å². The molecule has 5 nitrogen and oxygen atoms in total. The van der Waals surface area contributed by atoms with Gasteiger partial charge in [0, 0.05) is 7.05 Å². The van der Waals surface area contributed by atoms with Gasteiger partial charge in [0.15, 0.2) is 6.10 Å². The van der Waals surface area contributed by atoms with E-state index in [-0.39, 0.29) is 5.91 Å². The Balaban J connectivity index is 1.69. The molecule has 0 bridgehead atoms. The molecule has 142 valence electrons. The highest BCUT2D eigenvalue weighted by Crippen LogP contribution is 2.27. The number of para-hydroxylation sites is 3. The van der Waals surface area contributed by atoms with Crippen LogP contribution < -0.4 is 10.1 Å². The Morgan fingerprint density at radius 2 is 1.85 bits per heavy atom. The number of ether oxygens (including phenoxy) is 1. The van der Waals surface area contributed by atoms with Crippen LogP contribution in [0.2, 0.25) is 0 Å². The molecule has 1 atom stereocenters. The molecule has 0 aliphatic carbocycles. The molecule has 0 aliphatic rings. The van der Waals surface area contributed by atoms with E-state index in [0.29, 0.717) is 18.9 Å². The van der Waals surface area contributed by atoms with Crippen molar-refractivity contribution in [3.05, 3.63) is 59.9 Å². The van der Waals surface area contributed by atoms with Crippen molar-refractivity contribution < 1.29 is 9.53 Å². The minimum Gasteiger partial charge on any atom is -0.480 e. The van der Waals surface area contributed by atoms with Crippen molar-refractivity contribution in [2.24, 2.45) is 7.05 Å². The molecule has 1 unspecified atom stereocenters. The second-order valence-corrected chi connectivity index (χ2v) is 7.00. The van der Waals surface area contributed by atoms with Crippen LogP contribution in [0, 0.1) is 0 Å². The first-order valence-electron chi connectivity index (χ1n) is 9.44. The van der Waals surface area contributed by atoms with E-state index in [2.05, 4.69) is 24.1 Å². The number of hydrogen-bond donors (Lipinski definition) is 1. The molecular weight excluding hydrogens is 338 g/mol. The summed E-state index contributed by atoms with van der Waals surface area (Å²) in [4.78, 5) is 17.3. The fraction of sp³-hybridized carbons (Fsp3) is 0.364. The summed E-state index contributed by atoms with van der Waals surface area (Å²) in [7, 11) is 1.96. The first-order valence-corrected chi connectivity index (χ1v) is 9.44. The molecule has 1 N–H and O–H groups in total. The van der Waals surface area contributed by atoms with Gasteiger partial charge in [-0.25, -0.2) is 4.98 Å². The molecule has 1 aromatic heterocycles. The van der Waals surface area contributed by atoms with Crippen molar-refractivity contribution in [2.75, 3.05) is 0 Å². The largest absolute Gasteiger partial charge is 0.480 e. The maximum Gasteiger partial charge on any atom is 0.261 e. The van der Waals surface area contributed by atoms with Gasteiger partial charge in [-0.3, -0.25) is 4.79 Å². The van der Waals surface area contributed by atoms with E-state index in [1.807, 2.05) is 67.1 Å². The molecule has 0 radical (unpaired) electrons. The van der Waals surface area contributed by atoms with Crippen molar-refractivity contribution >= 4 is 16.9 Å². The van der Waals surface area contributed by atoms with E-state index in [9.17, 15) is 4.79 Å². The van der Waals surface area contributed by atoms with E-state index >= 15 is 0 Å². The van der Waals surface area contributed by atoms with Crippen LogP contribution in [-0.4, -0.2) is 21.6 Å². The van der Waals surface area contributed by atoms with Crippen molar-refractivity contribution in [3.63, 3.8) is 0 Å². The van der Waals surface area contributed by atoms with Crippen LogP contribution in [0.3, 0.4) is 0 Å². The lowest BCUT2D eigenvalue weighted by Gasteiger charge is -2.20. The molecule has 5 heteroatoms. The molecule has 1 amide bonds. The van der Waals surface area contributed by atoms with Crippen molar-refractivity contribution in [1.29, 1.82) is 0 Å². The highest BCUT2D eigenvalue weighted by atomic mass is 16.5. The molecule has 3 rings (SSSR count). The Kier molecular flexibility index (Phi) is 5.79. The van der Waals surface area contributed by atoms with Gasteiger partial charge in [0.25, 0.3) is 5.91 Å². The molecule has 2 aromatic carbocycles. The molecular formula is C22H27N3O2. The standard InChI is InChI=1S/C22H27N3O2/c1-5-19(27-20-13-9-6-10-16(20)15(2)3)22(26)23-14-21-24-17-11-7-8-12-18(17)25(21)4/h6-13,15,19H,5,14H2,1-4H3,(H,23,26). The van der Waals surface area contributed by atoms with Gasteiger partial charge in [-0.05, 0) is 36.1 Å². The second-order valence-electron chi connectivity index (χ2n) is 7.00. The van der Waals surface area contributed by atoms with Gasteiger partial charge in [-0.2, -0.15) is 0 Å². The summed E-state index contributed by atoms with van der Waals surface area (Å²) in [5.74, 6) is 1.81. The number of carbonyl (C=O) groups excluding carboxylic acids is 1. The SMILES string of the molecule is CCC(Oc1ccccc1C(C)C)C(=O)NCc1nc2ccccc2n1C. The Hall–Kier alpha value is -2.82. The second kappa shape index (κ2) is 8.25. The Bertz CT molecular complexity index is 930. The maximum atomic E-state index is 12.7. The summed E-state index contributed by atoms with van der Waals surface area (Å²) in [6.07, 6.45) is 0.0699. The number of nitrogens with one attached hydrogen (secondary N) is 1. The number of benzene rings is 2. The fourth-order valence-corrected chi connectivity index (χ4v) is 3.17. The van der Waals surface area contributed by atoms with Gasteiger partial charge < -0.3 is 14.6 Å². The Morgan fingerprint density at radius 1 is 1.15 bits per heavy atom. The average Bonchev–Trinajstić information content (AvgIpc) is 3.00. The van der Waals surface area contributed by atoms with E-state index in [4.69, 9.17) is 4.74 Å². The number of rotatable bonds is 7. The minimum absolute atomic E-state index is 0.122. The highest BCUT2D eigenvalue weighted by Gasteiger charge is 2.20. The third kappa shape index (κ3) is 4.13. The van der Waals surface area contributed by atoms with Gasteiger partial charge in [0.05, 0.1) is 17.6 Å². The van der Waals surface area contributed by atoms with Crippen molar-refractivity contribution in [2.45, 2.75) is 45.8 Å². The summed E-state index contributed by atoms with van der Waals surface area (Å²) in [5.41, 5.74) is 3.09.